The van der Waals surface area contributed by atoms with E-state index >= 15 is 0 Å². The van der Waals surface area contributed by atoms with E-state index in [0.717, 1.165) is 10.6 Å². The molecule has 2 rings (SSSR count). The first-order chi connectivity index (χ1) is 7.09. The van der Waals surface area contributed by atoms with Gasteiger partial charge in [-0.2, -0.15) is 0 Å². The van der Waals surface area contributed by atoms with Crippen molar-refractivity contribution < 1.29 is 0 Å². The van der Waals surface area contributed by atoms with Crippen LogP contribution in [0, 0.1) is 20.8 Å². The maximum absolute atomic E-state index is 6.01. The first kappa shape index (κ1) is 10.3. The topological polar surface area (TPSA) is 4.93 Å². The lowest BCUT2D eigenvalue weighted by molar-refractivity contribution is 0.964. The lowest BCUT2D eigenvalue weighted by Gasteiger charge is -2.10. The maximum Gasteiger partial charge on any atom is 0.0458 e. The van der Waals surface area contributed by atoms with Crippen LogP contribution < -0.4 is 0 Å². The van der Waals surface area contributed by atoms with Crippen molar-refractivity contribution in [3.8, 4) is 5.69 Å². The number of nitrogens with zero attached hydrogens (tertiary/aromatic N) is 1. The van der Waals surface area contributed by atoms with E-state index in [-0.39, 0.29) is 0 Å². The number of hydrogen-bond acceptors (Lipinski definition) is 0. The summed E-state index contributed by atoms with van der Waals surface area (Å²) in [7, 11) is 0. The standard InChI is InChI=1S/C13H14ClN/c1-9-8-12(6-7-13(9)14)15-10(2)4-5-11(15)3/h4-8H,1-3H3. The number of halogens is 1. The normalized spacial score (nSPS) is 10.7. The SMILES string of the molecule is Cc1cc(-n2c(C)ccc2C)ccc1Cl. The highest BCUT2D eigenvalue weighted by atomic mass is 35.5. The molecule has 0 saturated carbocycles. The average Bonchev–Trinajstić information content (AvgIpc) is 2.52. The van der Waals surface area contributed by atoms with Crippen molar-refractivity contribution in [2.45, 2.75) is 20.8 Å². The number of aromatic nitrogens is 1. The summed E-state index contributed by atoms with van der Waals surface area (Å²) >= 11 is 6.01. The lowest BCUT2D eigenvalue weighted by atomic mass is 10.2. The number of benzene rings is 1. The quantitative estimate of drug-likeness (QED) is 0.682. The molecule has 0 atom stereocenters. The van der Waals surface area contributed by atoms with E-state index in [1.54, 1.807) is 0 Å². The van der Waals surface area contributed by atoms with Gasteiger partial charge < -0.3 is 4.57 Å². The molecule has 1 aromatic carbocycles. The Labute approximate surface area is 95.3 Å². The highest BCUT2D eigenvalue weighted by molar-refractivity contribution is 6.31. The zero-order valence-corrected chi connectivity index (χ0v) is 9.97. The molecule has 2 aromatic rings. The van der Waals surface area contributed by atoms with Gasteiger partial charge in [0.25, 0.3) is 0 Å². The van der Waals surface area contributed by atoms with Gasteiger partial charge in [0.1, 0.15) is 0 Å². The summed E-state index contributed by atoms with van der Waals surface area (Å²) in [5.41, 5.74) is 4.78. The Morgan fingerprint density at radius 3 is 2.07 bits per heavy atom. The van der Waals surface area contributed by atoms with Crippen molar-refractivity contribution in [1.82, 2.24) is 4.57 Å². The van der Waals surface area contributed by atoms with Crippen molar-refractivity contribution in [3.63, 3.8) is 0 Å². The molecule has 0 fully saturated rings. The molecule has 15 heavy (non-hydrogen) atoms. The minimum atomic E-state index is 0.821. The van der Waals surface area contributed by atoms with Gasteiger partial charge in [-0.05, 0) is 56.7 Å². The molecular weight excluding hydrogens is 206 g/mol. The van der Waals surface area contributed by atoms with Crippen molar-refractivity contribution in [2.24, 2.45) is 0 Å². The molecule has 0 amide bonds. The van der Waals surface area contributed by atoms with Crippen LogP contribution in [0.25, 0.3) is 5.69 Å². The summed E-state index contributed by atoms with van der Waals surface area (Å²) in [5.74, 6) is 0. The van der Waals surface area contributed by atoms with Crippen LogP contribution in [-0.4, -0.2) is 4.57 Å². The summed E-state index contributed by atoms with van der Waals surface area (Å²) in [4.78, 5) is 0. The van der Waals surface area contributed by atoms with Gasteiger partial charge in [-0.15, -0.1) is 0 Å². The van der Waals surface area contributed by atoms with Crippen LogP contribution in [0.15, 0.2) is 30.3 Å². The van der Waals surface area contributed by atoms with Crippen LogP contribution in [0.3, 0.4) is 0 Å². The predicted octanol–water partition coefficient (Wildman–Crippen LogP) is 4.06. The first-order valence-electron chi connectivity index (χ1n) is 5.01. The fraction of sp³-hybridized carbons (Fsp3) is 0.231. The van der Waals surface area contributed by atoms with Gasteiger partial charge in [0.2, 0.25) is 0 Å². The summed E-state index contributed by atoms with van der Waals surface area (Å²) in [5, 5.41) is 0.821. The van der Waals surface area contributed by atoms with Crippen molar-refractivity contribution in [2.75, 3.05) is 0 Å². The van der Waals surface area contributed by atoms with Crippen molar-refractivity contribution >= 4 is 11.6 Å². The van der Waals surface area contributed by atoms with E-state index in [1.165, 1.54) is 17.1 Å². The van der Waals surface area contributed by atoms with Crippen LogP contribution in [0.1, 0.15) is 17.0 Å². The number of aryl methyl sites for hydroxylation is 3. The molecule has 0 saturated heterocycles. The lowest BCUT2D eigenvalue weighted by Crippen LogP contribution is -1.98. The Morgan fingerprint density at radius 2 is 1.53 bits per heavy atom. The molecule has 1 heterocycles. The van der Waals surface area contributed by atoms with Gasteiger partial charge in [0, 0.05) is 22.1 Å². The molecule has 1 aromatic heterocycles. The van der Waals surface area contributed by atoms with E-state index < -0.39 is 0 Å². The third-order valence-electron chi connectivity index (χ3n) is 2.67. The third-order valence-corrected chi connectivity index (χ3v) is 3.09. The smallest absolute Gasteiger partial charge is 0.0458 e. The van der Waals surface area contributed by atoms with Crippen molar-refractivity contribution in [3.05, 3.63) is 52.3 Å². The Kier molecular flexibility index (Phi) is 2.57. The Morgan fingerprint density at radius 1 is 0.933 bits per heavy atom. The summed E-state index contributed by atoms with van der Waals surface area (Å²) in [6, 6.07) is 10.4. The molecule has 2 heteroatoms. The van der Waals surface area contributed by atoms with Crippen molar-refractivity contribution in [1.29, 1.82) is 0 Å². The average molecular weight is 220 g/mol. The zero-order valence-electron chi connectivity index (χ0n) is 9.21. The molecule has 1 nitrogen and oxygen atoms in total. The molecule has 0 aliphatic carbocycles. The minimum absolute atomic E-state index is 0.821. The molecule has 0 unspecified atom stereocenters. The van der Waals surface area contributed by atoms with Crippen LogP contribution >= 0.6 is 11.6 Å². The second-order valence-electron chi connectivity index (χ2n) is 3.88. The zero-order chi connectivity index (χ0) is 11.0. The van der Waals surface area contributed by atoms with Gasteiger partial charge in [0.05, 0.1) is 0 Å². The largest absolute Gasteiger partial charge is 0.319 e. The second kappa shape index (κ2) is 3.74. The molecule has 0 radical (unpaired) electrons. The predicted molar refractivity (Wildman–Crippen MR) is 65.0 cm³/mol. The minimum Gasteiger partial charge on any atom is -0.319 e. The van der Waals surface area contributed by atoms with Gasteiger partial charge in [-0.3, -0.25) is 0 Å². The summed E-state index contributed by atoms with van der Waals surface area (Å²) < 4.78 is 2.23. The third kappa shape index (κ3) is 1.80. The fourth-order valence-corrected chi connectivity index (χ4v) is 1.96. The van der Waals surface area contributed by atoms with E-state index in [4.69, 9.17) is 11.6 Å². The van der Waals surface area contributed by atoms with E-state index in [9.17, 15) is 0 Å². The molecule has 0 aliphatic rings. The van der Waals surface area contributed by atoms with Crippen LogP contribution in [0.5, 0.6) is 0 Å². The molecule has 0 bridgehead atoms. The Hall–Kier alpha value is -1.21. The fourth-order valence-electron chi connectivity index (χ4n) is 1.84. The number of rotatable bonds is 1. The maximum atomic E-state index is 6.01. The van der Waals surface area contributed by atoms with Gasteiger partial charge in [-0.1, -0.05) is 11.6 Å². The van der Waals surface area contributed by atoms with Gasteiger partial charge in [-0.25, -0.2) is 0 Å². The molecule has 78 valence electrons. The first-order valence-corrected chi connectivity index (χ1v) is 5.39. The van der Waals surface area contributed by atoms with Crippen LogP contribution in [-0.2, 0) is 0 Å². The summed E-state index contributed by atoms with van der Waals surface area (Å²) in [6.07, 6.45) is 0. The second-order valence-corrected chi connectivity index (χ2v) is 4.29. The van der Waals surface area contributed by atoms with E-state index in [1.807, 2.05) is 13.0 Å². The van der Waals surface area contributed by atoms with Gasteiger partial charge >= 0.3 is 0 Å². The van der Waals surface area contributed by atoms with E-state index in [2.05, 4.69) is 42.7 Å². The summed E-state index contributed by atoms with van der Waals surface area (Å²) in [6.45, 7) is 6.24. The molecule has 0 aliphatic heterocycles. The highest BCUT2D eigenvalue weighted by Crippen LogP contribution is 2.21. The van der Waals surface area contributed by atoms with Crippen LogP contribution in [0.2, 0.25) is 5.02 Å². The van der Waals surface area contributed by atoms with Gasteiger partial charge in [0.15, 0.2) is 0 Å². The number of hydrogen-bond donors (Lipinski definition) is 0. The molecule has 0 spiro atoms. The monoisotopic (exact) mass is 219 g/mol. The highest BCUT2D eigenvalue weighted by Gasteiger charge is 2.04. The Balaban J connectivity index is 2.59. The van der Waals surface area contributed by atoms with Crippen LogP contribution in [0.4, 0.5) is 0 Å². The molecular formula is C13H14ClN. The van der Waals surface area contributed by atoms with E-state index in [0.29, 0.717) is 0 Å². The Bertz CT molecular complexity index is 478. The molecule has 0 N–H and O–H groups in total.